The van der Waals surface area contributed by atoms with Crippen LogP contribution in [0.25, 0.3) is 6.08 Å². The van der Waals surface area contributed by atoms with Crippen LogP contribution >= 0.6 is 0 Å². The van der Waals surface area contributed by atoms with Crippen LogP contribution in [0, 0.1) is 0 Å². The molecule has 22 heavy (non-hydrogen) atoms. The van der Waals surface area contributed by atoms with Crippen molar-refractivity contribution >= 4 is 13.2 Å². The molecule has 120 valence electrons. The van der Waals surface area contributed by atoms with Crippen molar-refractivity contribution in [3.8, 4) is 11.5 Å². The summed E-state index contributed by atoms with van der Waals surface area (Å²) in [6.07, 6.45) is 1.33. The molecule has 4 nitrogen and oxygen atoms in total. The minimum absolute atomic E-state index is 0.514. The van der Waals surface area contributed by atoms with E-state index in [2.05, 4.69) is 0 Å². The van der Waals surface area contributed by atoms with E-state index in [0.29, 0.717) is 17.1 Å². The molecule has 0 unspecified atom stereocenters. The van der Waals surface area contributed by atoms with Gasteiger partial charge in [0, 0.05) is 0 Å². The lowest BCUT2D eigenvalue weighted by Gasteiger charge is -2.32. The van der Waals surface area contributed by atoms with Crippen LogP contribution in [-0.4, -0.2) is 32.5 Å². The third kappa shape index (κ3) is 2.98. The monoisotopic (exact) mass is 308 g/mol. The zero-order valence-corrected chi connectivity index (χ0v) is 13.9. The highest BCUT2D eigenvalue weighted by molar-refractivity contribution is 6.54. The van der Waals surface area contributed by atoms with Crippen molar-refractivity contribution in [3.63, 3.8) is 0 Å². The summed E-state index contributed by atoms with van der Waals surface area (Å²) in [5.41, 5.74) is -1.19. The van der Waals surface area contributed by atoms with Gasteiger partial charge in [-0.25, -0.2) is 4.39 Å². The van der Waals surface area contributed by atoms with Crippen molar-refractivity contribution in [1.82, 2.24) is 0 Å². The number of halogens is 1. The van der Waals surface area contributed by atoms with E-state index in [1.54, 1.807) is 18.2 Å². The topological polar surface area (TPSA) is 36.9 Å². The van der Waals surface area contributed by atoms with Crippen molar-refractivity contribution < 1.29 is 23.2 Å². The maximum absolute atomic E-state index is 14.6. The first kappa shape index (κ1) is 16.8. The predicted molar refractivity (Wildman–Crippen MR) is 84.7 cm³/mol. The molecule has 1 fully saturated rings. The molecule has 0 saturated carbocycles. The molecule has 0 N–H and O–H groups in total. The van der Waals surface area contributed by atoms with Crippen molar-refractivity contribution in [3.05, 3.63) is 29.5 Å². The fourth-order valence-corrected chi connectivity index (χ4v) is 2.18. The number of ether oxygens (including phenoxy) is 2. The highest BCUT2D eigenvalue weighted by Gasteiger charge is 2.53. The molecular weight excluding hydrogens is 286 g/mol. The van der Waals surface area contributed by atoms with E-state index in [-0.39, 0.29) is 0 Å². The van der Waals surface area contributed by atoms with Gasteiger partial charge in [0.05, 0.1) is 31.0 Å². The molecular formula is C16H22BFO4. The molecule has 1 aliphatic rings. The van der Waals surface area contributed by atoms with Crippen LogP contribution in [0.3, 0.4) is 0 Å². The predicted octanol–water partition coefficient (Wildman–Crippen LogP) is 3.65. The molecule has 0 atom stereocenters. The number of rotatable bonds is 4. The van der Waals surface area contributed by atoms with Crippen LogP contribution < -0.4 is 9.47 Å². The van der Waals surface area contributed by atoms with Crippen LogP contribution in [-0.2, 0) is 9.31 Å². The van der Waals surface area contributed by atoms with Crippen molar-refractivity contribution in [2.75, 3.05) is 14.2 Å². The van der Waals surface area contributed by atoms with Gasteiger partial charge in [0.15, 0.2) is 0 Å². The van der Waals surface area contributed by atoms with E-state index < -0.39 is 24.0 Å². The van der Waals surface area contributed by atoms with Gasteiger partial charge in [0.1, 0.15) is 17.2 Å². The smallest absolute Gasteiger partial charge is 0.496 e. The highest BCUT2D eigenvalue weighted by Crippen LogP contribution is 2.40. The molecule has 1 aromatic rings. The van der Waals surface area contributed by atoms with Gasteiger partial charge in [0.2, 0.25) is 0 Å². The first-order chi connectivity index (χ1) is 10.2. The Balaban J connectivity index is 2.35. The maximum atomic E-state index is 14.6. The van der Waals surface area contributed by atoms with E-state index in [0.717, 1.165) is 0 Å². The fraction of sp³-hybridized carbons (Fsp3) is 0.500. The second-order valence-electron chi connectivity index (χ2n) is 6.19. The van der Waals surface area contributed by atoms with Crippen LogP contribution in [0.5, 0.6) is 11.5 Å². The molecule has 6 heteroatoms. The minimum Gasteiger partial charge on any atom is -0.496 e. The standard InChI is InChI=1S/C16H22BFO4/c1-15(2)16(3,4)22-17(21-15)14(18)10-11-12(19-5)8-7-9-13(11)20-6/h7-10H,1-6H3. The third-order valence-electron chi connectivity index (χ3n) is 4.23. The summed E-state index contributed by atoms with van der Waals surface area (Å²) < 4.78 is 36.5. The zero-order chi connectivity index (χ0) is 16.5. The number of hydrogen-bond acceptors (Lipinski definition) is 4. The Bertz CT molecular complexity index is 545. The maximum Gasteiger partial charge on any atom is 0.525 e. The second-order valence-corrected chi connectivity index (χ2v) is 6.19. The normalized spacial score (nSPS) is 20.1. The molecule has 0 spiro atoms. The van der Waals surface area contributed by atoms with Gasteiger partial charge in [-0.2, -0.15) is 0 Å². The van der Waals surface area contributed by atoms with Crippen molar-refractivity contribution in [1.29, 1.82) is 0 Å². The van der Waals surface area contributed by atoms with Gasteiger partial charge in [-0.05, 0) is 45.9 Å². The highest BCUT2D eigenvalue weighted by atomic mass is 19.1. The number of benzene rings is 1. The van der Waals surface area contributed by atoms with Crippen molar-refractivity contribution in [2.45, 2.75) is 38.9 Å². The summed E-state index contributed by atoms with van der Waals surface area (Å²) in [4.78, 5) is 0. The van der Waals surface area contributed by atoms with Gasteiger partial charge >= 0.3 is 7.12 Å². The van der Waals surface area contributed by atoms with Gasteiger partial charge in [-0.3, -0.25) is 0 Å². The first-order valence-corrected chi connectivity index (χ1v) is 7.15. The van der Waals surface area contributed by atoms with Crippen LogP contribution in [0.15, 0.2) is 23.9 Å². The lowest BCUT2D eigenvalue weighted by atomic mass is 9.86. The lowest BCUT2D eigenvalue weighted by Crippen LogP contribution is -2.41. The molecule has 2 rings (SSSR count). The second kappa shape index (κ2) is 5.93. The van der Waals surface area contributed by atoms with E-state index in [4.69, 9.17) is 18.8 Å². The molecule has 0 aliphatic carbocycles. The molecule has 0 radical (unpaired) electrons. The summed E-state index contributed by atoms with van der Waals surface area (Å²) >= 11 is 0. The Morgan fingerprint density at radius 1 is 1.05 bits per heavy atom. The lowest BCUT2D eigenvalue weighted by molar-refractivity contribution is 0.00578. The molecule has 1 aliphatic heterocycles. The summed E-state index contributed by atoms with van der Waals surface area (Å²) in [6, 6.07) is 5.26. The quantitative estimate of drug-likeness (QED) is 0.796. The minimum atomic E-state index is -1.04. The zero-order valence-electron chi connectivity index (χ0n) is 13.9. The van der Waals surface area contributed by atoms with Gasteiger partial charge in [-0.1, -0.05) is 6.07 Å². The van der Waals surface area contributed by atoms with Crippen molar-refractivity contribution in [2.24, 2.45) is 0 Å². The molecule has 0 aromatic heterocycles. The summed E-state index contributed by atoms with van der Waals surface area (Å²) in [6.45, 7) is 7.52. The molecule has 0 amide bonds. The number of methoxy groups -OCH3 is 2. The molecule has 0 bridgehead atoms. The Morgan fingerprint density at radius 3 is 1.91 bits per heavy atom. The van der Waals surface area contributed by atoms with Gasteiger partial charge in [0.25, 0.3) is 0 Å². The Labute approximate surface area is 131 Å². The average Bonchev–Trinajstić information content (AvgIpc) is 2.67. The molecule has 1 saturated heterocycles. The van der Waals surface area contributed by atoms with Crippen LogP contribution in [0.1, 0.15) is 33.3 Å². The van der Waals surface area contributed by atoms with E-state index in [1.165, 1.54) is 20.3 Å². The van der Waals surface area contributed by atoms with Crippen LogP contribution in [0.4, 0.5) is 4.39 Å². The average molecular weight is 308 g/mol. The summed E-state index contributed by atoms with van der Waals surface area (Å²) in [7, 11) is 2.01. The Kier molecular flexibility index (Phi) is 4.54. The van der Waals surface area contributed by atoms with Gasteiger partial charge in [-0.15, -0.1) is 0 Å². The SMILES string of the molecule is COc1cccc(OC)c1C=C(F)B1OC(C)(C)C(C)(C)O1. The summed E-state index contributed by atoms with van der Waals surface area (Å²) in [5, 5.41) is 0. The van der Waals surface area contributed by atoms with E-state index >= 15 is 0 Å². The third-order valence-corrected chi connectivity index (χ3v) is 4.23. The summed E-state index contributed by atoms with van der Waals surface area (Å²) in [5.74, 6) is 1.04. The molecule has 1 heterocycles. The van der Waals surface area contributed by atoms with E-state index in [9.17, 15) is 4.39 Å². The van der Waals surface area contributed by atoms with E-state index in [1.807, 2.05) is 27.7 Å². The molecule has 1 aromatic carbocycles. The van der Waals surface area contributed by atoms with Gasteiger partial charge < -0.3 is 18.8 Å². The number of hydrogen-bond donors (Lipinski definition) is 0. The Morgan fingerprint density at radius 2 is 1.50 bits per heavy atom. The largest absolute Gasteiger partial charge is 0.525 e. The Hall–Kier alpha value is -1.53. The van der Waals surface area contributed by atoms with Crippen LogP contribution in [0.2, 0.25) is 0 Å². The first-order valence-electron chi connectivity index (χ1n) is 7.15. The fourth-order valence-electron chi connectivity index (χ4n) is 2.18.